The topological polar surface area (TPSA) is 60.2 Å². The molecule has 3 heteroatoms. The number of rotatable bonds is 3. The number of amides is 1. The highest BCUT2D eigenvalue weighted by Gasteiger charge is 2.24. The van der Waals surface area contributed by atoms with Gasteiger partial charge in [0, 0.05) is 17.9 Å². The van der Waals surface area contributed by atoms with Crippen molar-refractivity contribution in [3.63, 3.8) is 0 Å². The zero-order valence-corrected chi connectivity index (χ0v) is 9.11. The summed E-state index contributed by atoms with van der Waals surface area (Å²) >= 11 is 0. The van der Waals surface area contributed by atoms with E-state index in [-0.39, 0.29) is 5.92 Å². The second-order valence-corrected chi connectivity index (χ2v) is 4.32. The summed E-state index contributed by atoms with van der Waals surface area (Å²) in [6, 6.07) is 7.20. The van der Waals surface area contributed by atoms with E-state index in [9.17, 15) is 9.59 Å². The maximum Gasteiger partial charge on any atom is 0.248 e. The van der Waals surface area contributed by atoms with Gasteiger partial charge in [-0.1, -0.05) is 12.1 Å². The zero-order chi connectivity index (χ0) is 11.5. The van der Waals surface area contributed by atoms with Crippen LogP contribution in [-0.4, -0.2) is 11.7 Å². The second kappa shape index (κ2) is 4.47. The van der Waals surface area contributed by atoms with Crippen LogP contribution in [0.4, 0.5) is 0 Å². The molecule has 1 amide bonds. The van der Waals surface area contributed by atoms with Crippen LogP contribution in [0, 0.1) is 5.92 Å². The molecule has 1 aromatic carbocycles. The van der Waals surface area contributed by atoms with Crippen LogP contribution in [0.15, 0.2) is 24.3 Å². The van der Waals surface area contributed by atoms with Crippen molar-refractivity contribution in [1.82, 2.24) is 0 Å². The normalized spacial score (nSPS) is 20.0. The van der Waals surface area contributed by atoms with Gasteiger partial charge in [-0.25, -0.2) is 0 Å². The van der Waals surface area contributed by atoms with E-state index in [1.165, 1.54) is 0 Å². The van der Waals surface area contributed by atoms with Crippen molar-refractivity contribution >= 4 is 11.7 Å². The van der Waals surface area contributed by atoms with Crippen LogP contribution in [0.25, 0.3) is 0 Å². The van der Waals surface area contributed by atoms with E-state index in [1.54, 1.807) is 12.1 Å². The summed E-state index contributed by atoms with van der Waals surface area (Å²) in [6.07, 6.45) is 3.53. The Bertz CT molecular complexity index is 408. The quantitative estimate of drug-likeness (QED) is 0.837. The fraction of sp³-hybridized carbons (Fsp3) is 0.385. The first-order valence-corrected chi connectivity index (χ1v) is 5.58. The second-order valence-electron chi connectivity index (χ2n) is 4.32. The first-order chi connectivity index (χ1) is 7.66. The van der Waals surface area contributed by atoms with Crippen LogP contribution in [0.1, 0.15) is 35.2 Å². The molecule has 1 fully saturated rings. The summed E-state index contributed by atoms with van der Waals surface area (Å²) in [5.41, 5.74) is 6.77. The Morgan fingerprint density at radius 3 is 2.50 bits per heavy atom. The molecule has 1 unspecified atom stereocenters. The third-order valence-corrected chi connectivity index (χ3v) is 3.15. The summed E-state index contributed by atoms with van der Waals surface area (Å²) < 4.78 is 0. The Morgan fingerprint density at radius 2 is 2.00 bits per heavy atom. The largest absolute Gasteiger partial charge is 0.366 e. The average Bonchev–Trinajstić information content (AvgIpc) is 2.65. The highest BCUT2D eigenvalue weighted by molar-refractivity contribution is 5.92. The molecule has 3 nitrogen and oxygen atoms in total. The number of carbonyl (C=O) groups is 2. The number of ketones is 1. The molecule has 0 aromatic heterocycles. The molecule has 84 valence electrons. The Kier molecular flexibility index (Phi) is 3.04. The lowest BCUT2D eigenvalue weighted by molar-refractivity contribution is -0.120. The number of primary amides is 1. The summed E-state index contributed by atoms with van der Waals surface area (Å²) in [5.74, 6) is 0.141. The van der Waals surface area contributed by atoms with Gasteiger partial charge in [0.2, 0.25) is 5.91 Å². The first-order valence-electron chi connectivity index (χ1n) is 5.58. The molecular formula is C13H15NO2. The van der Waals surface area contributed by atoms with Gasteiger partial charge in [-0.2, -0.15) is 0 Å². The van der Waals surface area contributed by atoms with Gasteiger partial charge in [0.25, 0.3) is 0 Å². The van der Waals surface area contributed by atoms with Crippen molar-refractivity contribution in [2.75, 3.05) is 0 Å². The lowest BCUT2D eigenvalue weighted by Gasteiger charge is -2.07. The SMILES string of the molecule is NC(=O)c1ccc(CC2CCCC2=O)cc1. The molecule has 0 bridgehead atoms. The third-order valence-electron chi connectivity index (χ3n) is 3.15. The van der Waals surface area contributed by atoms with Gasteiger partial charge >= 0.3 is 0 Å². The molecule has 16 heavy (non-hydrogen) atoms. The van der Waals surface area contributed by atoms with Crippen molar-refractivity contribution in [2.45, 2.75) is 25.7 Å². The molecule has 0 radical (unpaired) electrons. The fourth-order valence-electron chi connectivity index (χ4n) is 2.19. The average molecular weight is 217 g/mol. The summed E-state index contributed by atoms with van der Waals surface area (Å²) in [6.45, 7) is 0. The minimum absolute atomic E-state index is 0.180. The standard InChI is InChI=1S/C13H15NO2/c14-13(16)10-6-4-9(5-7-10)8-11-2-1-3-12(11)15/h4-7,11H,1-3,8H2,(H2,14,16). The monoisotopic (exact) mass is 217 g/mol. The third kappa shape index (κ3) is 2.30. The summed E-state index contributed by atoms with van der Waals surface area (Å²) in [5, 5.41) is 0. The van der Waals surface area contributed by atoms with E-state index >= 15 is 0 Å². The number of carbonyl (C=O) groups excluding carboxylic acids is 2. The Hall–Kier alpha value is -1.64. The molecule has 2 N–H and O–H groups in total. The predicted octanol–water partition coefficient (Wildman–Crippen LogP) is 1.70. The molecule has 1 aliphatic rings. The van der Waals surface area contributed by atoms with Gasteiger partial charge in [0.15, 0.2) is 0 Å². The number of hydrogen-bond acceptors (Lipinski definition) is 2. The maximum absolute atomic E-state index is 11.5. The van der Waals surface area contributed by atoms with Crippen LogP contribution in [0.2, 0.25) is 0 Å². The Morgan fingerprint density at radius 1 is 1.31 bits per heavy atom. The van der Waals surface area contributed by atoms with E-state index in [0.29, 0.717) is 11.3 Å². The number of benzene rings is 1. The van der Waals surface area contributed by atoms with E-state index in [2.05, 4.69) is 0 Å². The molecule has 1 saturated carbocycles. The molecule has 1 atom stereocenters. The van der Waals surface area contributed by atoms with Crippen molar-refractivity contribution in [1.29, 1.82) is 0 Å². The van der Waals surface area contributed by atoms with Crippen LogP contribution in [0.5, 0.6) is 0 Å². The molecule has 0 spiro atoms. The molecule has 1 aliphatic carbocycles. The van der Waals surface area contributed by atoms with Gasteiger partial charge in [0.05, 0.1) is 0 Å². The van der Waals surface area contributed by atoms with Crippen LogP contribution >= 0.6 is 0 Å². The van der Waals surface area contributed by atoms with Gasteiger partial charge in [-0.05, 0) is 37.0 Å². The predicted molar refractivity (Wildman–Crippen MR) is 61.0 cm³/mol. The first kappa shape index (κ1) is 10.9. The van der Waals surface area contributed by atoms with Crippen molar-refractivity contribution in [2.24, 2.45) is 11.7 Å². The van der Waals surface area contributed by atoms with E-state index in [4.69, 9.17) is 5.73 Å². The van der Waals surface area contributed by atoms with Crippen LogP contribution in [0.3, 0.4) is 0 Å². The van der Waals surface area contributed by atoms with Crippen LogP contribution < -0.4 is 5.73 Å². The van der Waals surface area contributed by atoms with Crippen molar-refractivity contribution in [3.05, 3.63) is 35.4 Å². The molecule has 0 aliphatic heterocycles. The smallest absolute Gasteiger partial charge is 0.248 e. The zero-order valence-electron chi connectivity index (χ0n) is 9.11. The Balaban J connectivity index is 2.05. The molecule has 0 heterocycles. The van der Waals surface area contributed by atoms with E-state index in [0.717, 1.165) is 31.2 Å². The van der Waals surface area contributed by atoms with Crippen molar-refractivity contribution < 1.29 is 9.59 Å². The van der Waals surface area contributed by atoms with Gasteiger partial charge in [0.1, 0.15) is 5.78 Å². The highest BCUT2D eigenvalue weighted by Crippen LogP contribution is 2.25. The summed E-state index contributed by atoms with van der Waals surface area (Å²) in [7, 11) is 0. The molecule has 0 saturated heterocycles. The van der Waals surface area contributed by atoms with Gasteiger partial charge in [-0.15, -0.1) is 0 Å². The number of Topliss-reactive ketones (excluding diaryl/α,β-unsaturated/α-hetero) is 1. The molecular weight excluding hydrogens is 202 g/mol. The minimum atomic E-state index is -0.413. The van der Waals surface area contributed by atoms with Gasteiger partial charge < -0.3 is 5.73 Å². The Labute approximate surface area is 94.6 Å². The summed E-state index contributed by atoms with van der Waals surface area (Å²) in [4.78, 5) is 22.4. The fourth-order valence-corrected chi connectivity index (χ4v) is 2.19. The van der Waals surface area contributed by atoms with Gasteiger partial charge in [-0.3, -0.25) is 9.59 Å². The minimum Gasteiger partial charge on any atom is -0.366 e. The highest BCUT2D eigenvalue weighted by atomic mass is 16.1. The number of hydrogen-bond donors (Lipinski definition) is 1. The van der Waals surface area contributed by atoms with E-state index < -0.39 is 5.91 Å². The van der Waals surface area contributed by atoms with Crippen LogP contribution in [-0.2, 0) is 11.2 Å². The van der Waals surface area contributed by atoms with E-state index in [1.807, 2.05) is 12.1 Å². The molecule has 2 rings (SSSR count). The number of nitrogens with two attached hydrogens (primary N) is 1. The maximum atomic E-state index is 11.5. The molecule has 1 aromatic rings. The lowest BCUT2D eigenvalue weighted by atomic mass is 9.96. The lowest BCUT2D eigenvalue weighted by Crippen LogP contribution is -2.12. The van der Waals surface area contributed by atoms with Crippen molar-refractivity contribution in [3.8, 4) is 0 Å².